The number of para-hydroxylation sites is 2. The molecule has 7 heteroatoms. The fourth-order valence-corrected chi connectivity index (χ4v) is 4.31. The predicted octanol–water partition coefficient (Wildman–Crippen LogP) is 2.80. The lowest BCUT2D eigenvalue weighted by Crippen LogP contribution is -2.45. The predicted molar refractivity (Wildman–Crippen MR) is 126 cm³/mol. The van der Waals surface area contributed by atoms with Crippen LogP contribution in [0, 0.1) is 0 Å². The molecule has 2 aliphatic rings. The molecule has 32 heavy (non-hydrogen) atoms. The van der Waals surface area contributed by atoms with Gasteiger partial charge in [0.25, 0.3) is 0 Å². The number of guanidine groups is 1. The molecular formula is C25H34N4O3. The fourth-order valence-electron chi connectivity index (χ4n) is 4.31. The molecule has 3 atom stereocenters. The molecule has 0 saturated carbocycles. The summed E-state index contributed by atoms with van der Waals surface area (Å²) < 4.78 is 17.7. The zero-order valence-corrected chi connectivity index (χ0v) is 19.2. The number of fused-ring (bicyclic) bond motifs is 1. The smallest absolute Gasteiger partial charge is 0.191 e. The highest BCUT2D eigenvalue weighted by Crippen LogP contribution is 2.30. The normalized spacial score (nSPS) is 23.6. The molecule has 2 aromatic rings. The molecule has 2 N–H and O–H groups in total. The van der Waals surface area contributed by atoms with Crippen LogP contribution >= 0.6 is 0 Å². The highest BCUT2D eigenvalue weighted by molar-refractivity contribution is 5.79. The number of aliphatic imine (C=N–C) groups is 1. The van der Waals surface area contributed by atoms with Crippen molar-refractivity contribution in [3.8, 4) is 11.5 Å². The molecular weight excluding hydrogens is 404 g/mol. The van der Waals surface area contributed by atoms with E-state index < -0.39 is 0 Å². The summed E-state index contributed by atoms with van der Waals surface area (Å²) in [7, 11) is 1.78. The van der Waals surface area contributed by atoms with Gasteiger partial charge in [0.05, 0.1) is 18.8 Å². The van der Waals surface area contributed by atoms with E-state index in [1.165, 1.54) is 11.1 Å². The highest BCUT2D eigenvalue weighted by Gasteiger charge is 2.23. The van der Waals surface area contributed by atoms with Gasteiger partial charge in [0, 0.05) is 33.2 Å². The molecule has 1 fully saturated rings. The number of hydrogen-bond acceptors (Lipinski definition) is 5. The quantitative estimate of drug-likeness (QED) is 0.534. The standard InChI is InChI=1S/C25H34N4O3/c1-18-14-29(15-19(2)31-18)16-21-9-5-4-8-20(21)12-27-25(26-3)28-13-22-17-30-23-10-6-7-11-24(23)32-22/h4-11,18-19,22H,12-17H2,1-3H3,(H2,26,27,28). The second-order valence-electron chi connectivity index (χ2n) is 8.52. The lowest BCUT2D eigenvalue weighted by Gasteiger charge is -2.35. The summed E-state index contributed by atoms with van der Waals surface area (Å²) in [4.78, 5) is 6.84. The van der Waals surface area contributed by atoms with Gasteiger partial charge in [0.2, 0.25) is 0 Å². The van der Waals surface area contributed by atoms with Crippen LogP contribution < -0.4 is 20.1 Å². The third-order valence-corrected chi connectivity index (χ3v) is 5.74. The van der Waals surface area contributed by atoms with Gasteiger partial charge in [-0.1, -0.05) is 36.4 Å². The Balaban J connectivity index is 1.29. The average Bonchev–Trinajstić information content (AvgIpc) is 2.79. The van der Waals surface area contributed by atoms with Crippen LogP contribution in [0.25, 0.3) is 0 Å². The monoisotopic (exact) mass is 438 g/mol. The van der Waals surface area contributed by atoms with E-state index in [1.54, 1.807) is 7.05 Å². The van der Waals surface area contributed by atoms with Gasteiger partial charge >= 0.3 is 0 Å². The van der Waals surface area contributed by atoms with Crippen molar-refractivity contribution in [1.82, 2.24) is 15.5 Å². The number of nitrogens with zero attached hydrogens (tertiary/aromatic N) is 2. The van der Waals surface area contributed by atoms with Crippen molar-refractivity contribution in [3.05, 3.63) is 59.7 Å². The SMILES string of the molecule is CN=C(NCc1ccccc1CN1CC(C)OC(C)C1)NCC1COc2ccccc2O1. The summed E-state index contributed by atoms with van der Waals surface area (Å²) >= 11 is 0. The van der Waals surface area contributed by atoms with Crippen molar-refractivity contribution >= 4 is 5.96 Å². The Morgan fingerprint density at radius 3 is 2.41 bits per heavy atom. The first-order chi connectivity index (χ1) is 15.6. The first-order valence-corrected chi connectivity index (χ1v) is 11.4. The van der Waals surface area contributed by atoms with Crippen molar-refractivity contribution in [2.75, 3.05) is 33.3 Å². The Hall–Kier alpha value is -2.77. The average molecular weight is 439 g/mol. The van der Waals surface area contributed by atoms with Gasteiger partial charge in [-0.15, -0.1) is 0 Å². The van der Waals surface area contributed by atoms with Gasteiger partial charge in [-0.05, 0) is 37.1 Å². The lowest BCUT2D eigenvalue weighted by atomic mass is 10.1. The van der Waals surface area contributed by atoms with E-state index in [2.05, 4.69) is 58.6 Å². The van der Waals surface area contributed by atoms with E-state index in [-0.39, 0.29) is 18.3 Å². The number of hydrogen-bond donors (Lipinski definition) is 2. The molecule has 1 saturated heterocycles. The largest absolute Gasteiger partial charge is 0.486 e. The topological polar surface area (TPSA) is 67.4 Å². The van der Waals surface area contributed by atoms with Gasteiger partial charge in [-0.2, -0.15) is 0 Å². The first kappa shape index (κ1) is 22.4. The van der Waals surface area contributed by atoms with Crippen molar-refractivity contribution in [3.63, 3.8) is 0 Å². The zero-order valence-electron chi connectivity index (χ0n) is 19.2. The van der Waals surface area contributed by atoms with Gasteiger partial charge in [0.1, 0.15) is 12.7 Å². The first-order valence-electron chi connectivity index (χ1n) is 11.4. The summed E-state index contributed by atoms with van der Waals surface area (Å²) in [6.07, 6.45) is 0.469. The Morgan fingerprint density at radius 1 is 0.969 bits per heavy atom. The Labute approximate surface area is 190 Å². The maximum absolute atomic E-state index is 6.02. The van der Waals surface area contributed by atoms with Gasteiger partial charge in [-0.25, -0.2) is 0 Å². The minimum atomic E-state index is -0.0685. The third-order valence-electron chi connectivity index (χ3n) is 5.74. The van der Waals surface area contributed by atoms with Crippen molar-refractivity contribution < 1.29 is 14.2 Å². The molecule has 2 aliphatic heterocycles. The van der Waals surface area contributed by atoms with Crippen molar-refractivity contribution in [2.45, 2.75) is 45.2 Å². The zero-order chi connectivity index (χ0) is 22.3. The minimum Gasteiger partial charge on any atom is -0.486 e. The molecule has 4 rings (SSSR count). The van der Waals surface area contributed by atoms with Crippen molar-refractivity contribution in [2.24, 2.45) is 4.99 Å². The van der Waals surface area contributed by atoms with E-state index in [1.807, 2.05) is 24.3 Å². The van der Waals surface area contributed by atoms with Gasteiger partial charge in [-0.3, -0.25) is 9.89 Å². The number of nitrogens with one attached hydrogen (secondary N) is 2. The van der Waals surface area contributed by atoms with E-state index in [0.29, 0.717) is 19.7 Å². The summed E-state index contributed by atoms with van der Waals surface area (Å²) in [6.45, 7) is 8.96. The summed E-state index contributed by atoms with van der Waals surface area (Å²) in [6, 6.07) is 16.3. The van der Waals surface area contributed by atoms with Crippen LogP contribution in [0.3, 0.4) is 0 Å². The van der Waals surface area contributed by atoms with Crippen LogP contribution in [-0.4, -0.2) is 62.5 Å². The molecule has 7 nitrogen and oxygen atoms in total. The Bertz CT molecular complexity index is 910. The van der Waals surface area contributed by atoms with Crippen LogP contribution in [0.5, 0.6) is 11.5 Å². The Morgan fingerprint density at radius 2 is 1.66 bits per heavy atom. The lowest BCUT2D eigenvalue weighted by molar-refractivity contribution is -0.0705. The number of rotatable bonds is 6. The second kappa shape index (κ2) is 10.7. The van der Waals surface area contributed by atoms with E-state index in [0.717, 1.165) is 37.1 Å². The molecule has 0 amide bonds. The van der Waals surface area contributed by atoms with Gasteiger partial charge < -0.3 is 24.8 Å². The number of morpholine rings is 1. The maximum Gasteiger partial charge on any atom is 0.191 e. The highest BCUT2D eigenvalue weighted by atomic mass is 16.6. The molecule has 3 unspecified atom stereocenters. The van der Waals surface area contributed by atoms with E-state index >= 15 is 0 Å². The van der Waals surface area contributed by atoms with E-state index in [9.17, 15) is 0 Å². The molecule has 0 aliphatic carbocycles. The fraction of sp³-hybridized carbons (Fsp3) is 0.480. The maximum atomic E-state index is 6.02. The van der Waals surface area contributed by atoms with Crippen LogP contribution in [-0.2, 0) is 17.8 Å². The molecule has 0 radical (unpaired) electrons. The molecule has 0 aromatic heterocycles. The third kappa shape index (κ3) is 5.93. The minimum absolute atomic E-state index is 0.0685. The van der Waals surface area contributed by atoms with Crippen molar-refractivity contribution in [1.29, 1.82) is 0 Å². The molecule has 172 valence electrons. The molecule has 2 aromatic carbocycles. The Kier molecular flexibility index (Phi) is 7.50. The number of ether oxygens (including phenoxy) is 3. The molecule has 2 heterocycles. The summed E-state index contributed by atoms with van der Waals surface area (Å²) in [5, 5.41) is 6.80. The number of benzene rings is 2. The van der Waals surface area contributed by atoms with Crippen LogP contribution in [0.15, 0.2) is 53.5 Å². The molecule has 0 spiro atoms. The molecule has 0 bridgehead atoms. The second-order valence-corrected chi connectivity index (χ2v) is 8.52. The van der Waals surface area contributed by atoms with Crippen LogP contribution in [0.4, 0.5) is 0 Å². The van der Waals surface area contributed by atoms with Crippen LogP contribution in [0.1, 0.15) is 25.0 Å². The summed E-state index contributed by atoms with van der Waals surface area (Å²) in [5.74, 6) is 2.33. The van der Waals surface area contributed by atoms with Gasteiger partial charge in [0.15, 0.2) is 17.5 Å². The van der Waals surface area contributed by atoms with E-state index in [4.69, 9.17) is 14.2 Å². The van der Waals surface area contributed by atoms with Crippen LogP contribution in [0.2, 0.25) is 0 Å². The summed E-state index contributed by atoms with van der Waals surface area (Å²) in [5.41, 5.74) is 2.60.